The lowest BCUT2D eigenvalue weighted by atomic mass is 9.82. The van der Waals surface area contributed by atoms with Crippen molar-refractivity contribution in [3.63, 3.8) is 0 Å². The molecule has 18 heavy (non-hydrogen) atoms. The minimum atomic E-state index is -0.373. The van der Waals surface area contributed by atoms with E-state index < -0.39 is 0 Å². The molecule has 1 aromatic rings. The van der Waals surface area contributed by atoms with Crippen LogP contribution in [0, 0.1) is 5.92 Å². The molecule has 0 aliphatic carbocycles. The average Bonchev–Trinajstić information content (AvgIpc) is 2.42. The van der Waals surface area contributed by atoms with Gasteiger partial charge in [-0.25, -0.2) is 0 Å². The molecule has 1 aromatic carbocycles. The first-order valence-corrected chi connectivity index (χ1v) is 6.88. The summed E-state index contributed by atoms with van der Waals surface area (Å²) in [5.41, 5.74) is 0.751. The standard InChI is InChI=1S/C16H23NO/c1-14-8-10-17(11-9-14)12-16(2,13-18)15-6-4-3-5-7-15/h3-7,13-14H,8-12H2,1-2H3. The minimum Gasteiger partial charge on any atom is -0.302 e. The first-order chi connectivity index (χ1) is 8.64. The Kier molecular flexibility index (Phi) is 4.18. The highest BCUT2D eigenvalue weighted by Crippen LogP contribution is 2.25. The minimum absolute atomic E-state index is 0.373. The Morgan fingerprint density at radius 2 is 1.89 bits per heavy atom. The van der Waals surface area contributed by atoms with Crippen LogP contribution in [0.5, 0.6) is 0 Å². The number of hydrogen-bond acceptors (Lipinski definition) is 2. The van der Waals surface area contributed by atoms with Crippen LogP contribution in [0.4, 0.5) is 0 Å². The number of carbonyl (C=O) groups excluding carboxylic acids is 1. The fourth-order valence-electron chi connectivity index (χ4n) is 2.70. The van der Waals surface area contributed by atoms with E-state index in [2.05, 4.69) is 24.0 Å². The van der Waals surface area contributed by atoms with Gasteiger partial charge in [-0.15, -0.1) is 0 Å². The van der Waals surface area contributed by atoms with E-state index in [9.17, 15) is 4.79 Å². The maximum absolute atomic E-state index is 11.5. The van der Waals surface area contributed by atoms with E-state index in [0.717, 1.165) is 37.4 Å². The summed E-state index contributed by atoms with van der Waals surface area (Å²) in [5, 5.41) is 0. The van der Waals surface area contributed by atoms with Crippen molar-refractivity contribution in [2.75, 3.05) is 19.6 Å². The first-order valence-electron chi connectivity index (χ1n) is 6.88. The Morgan fingerprint density at radius 3 is 2.44 bits per heavy atom. The number of carbonyl (C=O) groups is 1. The van der Waals surface area contributed by atoms with Gasteiger partial charge in [-0.1, -0.05) is 37.3 Å². The number of likely N-dealkylation sites (tertiary alicyclic amines) is 1. The van der Waals surface area contributed by atoms with E-state index >= 15 is 0 Å². The van der Waals surface area contributed by atoms with Crippen LogP contribution < -0.4 is 0 Å². The van der Waals surface area contributed by atoms with E-state index in [1.807, 2.05) is 25.1 Å². The van der Waals surface area contributed by atoms with Crippen molar-refractivity contribution in [2.45, 2.75) is 32.1 Å². The SMILES string of the molecule is CC1CCN(CC(C)(C=O)c2ccccc2)CC1. The molecule has 0 radical (unpaired) electrons. The van der Waals surface area contributed by atoms with Crippen molar-refractivity contribution >= 4 is 6.29 Å². The fraction of sp³-hybridized carbons (Fsp3) is 0.562. The maximum Gasteiger partial charge on any atom is 0.131 e. The third-order valence-electron chi connectivity index (χ3n) is 4.12. The van der Waals surface area contributed by atoms with Crippen LogP contribution in [0.25, 0.3) is 0 Å². The summed E-state index contributed by atoms with van der Waals surface area (Å²) < 4.78 is 0. The molecule has 0 spiro atoms. The molecule has 1 saturated heterocycles. The Morgan fingerprint density at radius 1 is 1.28 bits per heavy atom. The summed E-state index contributed by atoms with van der Waals surface area (Å²) in [4.78, 5) is 14.0. The van der Waals surface area contributed by atoms with Crippen LogP contribution in [0.2, 0.25) is 0 Å². The lowest BCUT2D eigenvalue weighted by Gasteiger charge is -2.36. The zero-order valence-corrected chi connectivity index (χ0v) is 11.4. The summed E-state index contributed by atoms with van der Waals surface area (Å²) in [5.74, 6) is 0.834. The van der Waals surface area contributed by atoms with Gasteiger partial charge in [0.15, 0.2) is 0 Å². The van der Waals surface area contributed by atoms with Gasteiger partial charge in [0.2, 0.25) is 0 Å². The van der Waals surface area contributed by atoms with Crippen LogP contribution in [0.1, 0.15) is 32.3 Å². The van der Waals surface area contributed by atoms with E-state index in [4.69, 9.17) is 0 Å². The van der Waals surface area contributed by atoms with Gasteiger partial charge in [-0.2, -0.15) is 0 Å². The van der Waals surface area contributed by atoms with Crippen molar-refractivity contribution in [1.82, 2.24) is 4.90 Å². The summed E-state index contributed by atoms with van der Waals surface area (Å²) >= 11 is 0. The van der Waals surface area contributed by atoms with E-state index in [0.29, 0.717) is 0 Å². The van der Waals surface area contributed by atoms with Crippen molar-refractivity contribution < 1.29 is 4.79 Å². The van der Waals surface area contributed by atoms with Crippen LogP contribution in [0.15, 0.2) is 30.3 Å². The van der Waals surface area contributed by atoms with Gasteiger partial charge in [0.1, 0.15) is 6.29 Å². The summed E-state index contributed by atoms with van der Waals surface area (Å²) in [6, 6.07) is 10.1. The molecule has 2 heteroatoms. The molecule has 1 atom stereocenters. The van der Waals surface area contributed by atoms with Gasteiger partial charge in [0.25, 0.3) is 0 Å². The third kappa shape index (κ3) is 2.99. The maximum atomic E-state index is 11.5. The summed E-state index contributed by atoms with van der Waals surface area (Å²) in [6.07, 6.45) is 3.62. The largest absolute Gasteiger partial charge is 0.302 e. The second-order valence-corrected chi connectivity index (χ2v) is 5.86. The molecule has 98 valence electrons. The molecule has 1 fully saturated rings. The summed E-state index contributed by atoms with van der Waals surface area (Å²) in [6.45, 7) is 7.45. The predicted octanol–water partition coefficient (Wildman–Crippen LogP) is 2.88. The molecule has 2 rings (SSSR count). The monoisotopic (exact) mass is 245 g/mol. The van der Waals surface area contributed by atoms with Gasteiger partial charge < -0.3 is 9.69 Å². The molecule has 1 aliphatic rings. The van der Waals surface area contributed by atoms with Crippen molar-refractivity contribution in [3.05, 3.63) is 35.9 Å². The number of rotatable bonds is 4. The lowest BCUT2D eigenvalue weighted by molar-refractivity contribution is -0.112. The van der Waals surface area contributed by atoms with E-state index in [1.165, 1.54) is 12.8 Å². The molecular formula is C16H23NO. The van der Waals surface area contributed by atoms with Crippen LogP contribution in [0.3, 0.4) is 0 Å². The van der Waals surface area contributed by atoms with Gasteiger partial charge in [0.05, 0.1) is 5.41 Å². The molecule has 1 unspecified atom stereocenters. The fourth-order valence-corrected chi connectivity index (χ4v) is 2.70. The van der Waals surface area contributed by atoms with Crippen molar-refractivity contribution in [2.24, 2.45) is 5.92 Å². The molecule has 0 saturated carbocycles. The van der Waals surface area contributed by atoms with Gasteiger partial charge in [0, 0.05) is 6.54 Å². The number of hydrogen-bond donors (Lipinski definition) is 0. The smallest absolute Gasteiger partial charge is 0.131 e. The highest BCUT2D eigenvalue weighted by Gasteiger charge is 2.30. The number of nitrogens with zero attached hydrogens (tertiary/aromatic N) is 1. The number of piperidine rings is 1. The zero-order valence-electron chi connectivity index (χ0n) is 11.4. The van der Waals surface area contributed by atoms with E-state index in [1.54, 1.807) is 0 Å². The van der Waals surface area contributed by atoms with Gasteiger partial charge in [-0.3, -0.25) is 0 Å². The van der Waals surface area contributed by atoms with Crippen molar-refractivity contribution in [1.29, 1.82) is 0 Å². The third-order valence-corrected chi connectivity index (χ3v) is 4.12. The Bertz CT molecular complexity index is 381. The van der Waals surface area contributed by atoms with Crippen LogP contribution in [-0.2, 0) is 10.2 Å². The van der Waals surface area contributed by atoms with Gasteiger partial charge in [-0.05, 0) is 44.3 Å². The summed E-state index contributed by atoms with van der Waals surface area (Å²) in [7, 11) is 0. The molecule has 2 nitrogen and oxygen atoms in total. The Hall–Kier alpha value is -1.15. The Balaban J connectivity index is 2.07. The van der Waals surface area contributed by atoms with Gasteiger partial charge >= 0.3 is 0 Å². The lowest BCUT2D eigenvalue weighted by Crippen LogP contribution is -2.43. The molecule has 0 aromatic heterocycles. The van der Waals surface area contributed by atoms with Crippen LogP contribution >= 0.6 is 0 Å². The molecule has 0 amide bonds. The number of benzene rings is 1. The highest BCUT2D eigenvalue weighted by atomic mass is 16.1. The normalized spacial score (nSPS) is 21.4. The van der Waals surface area contributed by atoms with Crippen molar-refractivity contribution in [3.8, 4) is 0 Å². The molecule has 1 heterocycles. The second-order valence-electron chi connectivity index (χ2n) is 5.86. The Labute approximate surface area is 110 Å². The first kappa shape index (κ1) is 13.3. The molecule has 1 aliphatic heterocycles. The molecular weight excluding hydrogens is 222 g/mol. The van der Waals surface area contributed by atoms with Crippen LogP contribution in [-0.4, -0.2) is 30.8 Å². The predicted molar refractivity (Wildman–Crippen MR) is 74.7 cm³/mol. The quantitative estimate of drug-likeness (QED) is 0.760. The topological polar surface area (TPSA) is 20.3 Å². The number of aldehydes is 1. The molecule has 0 N–H and O–H groups in total. The zero-order chi connectivity index (χ0) is 13.0. The average molecular weight is 245 g/mol. The molecule has 0 bridgehead atoms. The van der Waals surface area contributed by atoms with E-state index in [-0.39, 0.29) is 5.41 Å². The second kappa shape index (κ2) is 5.66. The highest BCUT2D eigenvalue weighted by molar-refractivity contribution is 5.68.